The molecule has 1 aromatic heterocycles. The summed E-state index contributed by atoms with van der Waals surface area (Å²) in [6, 6.07) is 13.0. The van der Waals surface area contributed by atoms with Crippen molar-refractivity contribution in [3.05, 3.63) is 148 Å². The molecule has 8 amide bonds. The van der Waals surface area contributed by atoms with Crippen molar-refractivity contribution in [2.24, 2.45) is 23.3 Å². The van der Waals surface area contributed by atoms with Gasteiger partial charge in [0.25, 0.3) is 0 Å². The number of aliphatic hydroxyl groups excluding tert-OH is 1. The molecule has 1 aliphatic carbocycles. The van der Waals surface area contributed by atoms with E-state index >= 15 is 23.2 Å². The second-order valence-electron chi connectivity index (χ2n) is 26.7. The number of ketones is 2. The summed E-state index contributed by atoms with van der Waals surface area (Å²) in [4.78, 5) is 151. The molecule has 528 valence electrons. The molecule has 0 saturated carbocycles. The first-order valence-corrected chi connectivity index (χ1v) is 33.9. The van der Waals surface area contributed by atoms with Crippen molar-refractivity contribution in [3.63, 3.8) is 0 Å². The summed E-state index contributed by atoms with van der Waals surface area (Å²) in [5, 5.41) is 25.3. The number of H-pyrrole nitrogens is 1. The first-order chi connectivity index (χ1) is 47.3. The molecule has 5 aromatic rings. The minimum Gasteiger partial charge on any atom is -0.497 e. The number of hydrogen-bond acceptors (Lipinski definition) is 13. The maximum atomic E-state index is 16.2. The number of primary amides is 1. The number of aliphatic hydroxyl groups is 1. The van der Waals surface area contributed by atoms with Crippen molar-refractivity contribution in [1.29, 1.82) is 0 Å². The lowest BCUT2D eigenvalue weighted by molar-refractivity contribution is -0.147. The number of amides is 8. The van der Waals surface area contributed by atoms with Crippen molar-refractivity contribution in [1.82, 2.24) is 41.4 Å². The van der Waals surface area contributed by atoms with Gasteiger partial charge in [-0.2, -0.15) is 0 Å². The van der Waals surface area contributed by atoms with Crippen LogP contribution >= 0.6 is 0 Å². The molecule has 0 unspecified atom stereocenters. The number of carbonyl (C=O) groups is 10. The molecule has 4 aromatic carbocycles. The molecular formula is C74H89F3N10O12. The van der Waals surface area contributed by atoms with Gasteiger partial charge in [0.15, 0.2) is 11.6 Å². The molecule has 25 heteroatoms. The van der Waals surface area contributed by atoms with Gasteiger partial charge in [-0.3, -0.25) is 47.9 Å². The highest BCUT2D eigenvalue weighted by Gasteiger charge is 2.49. The SMILES string of the molecule is COc1ccc(C[C@@H]2NC(=O)[C@H]([C@@H](C)O)NC(=O)[C@@H]3C[C@H](F)CN3C(=O)[C@H](CC3=CCc4ccc(F)cc43)NC(=O)[C@H](Cc3c[nH]c4ccc(F)cc34)CC(=O)[C@@H](C)NC(=O)[C@H](CCCCN)NC(=O)CCCC=Cc3ccc(cc3)C[C@@H](C(N)=O)CC(=O)[C@]3(C)CCCN3C2=O)cc1. The van der Waals surface area contributed by atoms with Crippen LogP contribution in [0.1, 0.15) is 131 Å². The summed E-state index contributed by atoms with van der Waals surface area (Å²) >= 11 is 0. The Morgan fingerprint density at radius 1 is 0.778 bits per heavy atom. The molecule has 5 aliphatic rings. The number of alkyl halides is 1. The number of nitrogens with two attached hydrogens (primary N) is 2. The zero-order chi connectivity index (χ0) is 71.2. The number of nitrogens with zero attached hydrogens (tertiary/aromatic N) is 2. The summed E-state index contributed by atoms with van der Waals surface area (Å²) in [7, 11) is 1.47. The Morgan fingerprint density at radius 2 is 1.49 bits per heavy atom. The lowest BCUT2D eigenvalue weighted by Crippen LogP contribution is -2.62. The number of fused-ring (bicyclic) bond motifs is 29. The number of unbranched alkanes of at least 4 members (excludes halogenated alkanes) is 1. The summed E-state index contributed by atoms with van der Waals surface area (Å²) in [5.41, 5.74) is 14.8. The highest BCUT2D eigenvalue weighted by atomic mass is 19.1. The molecule has 2 saturated heterocycles. The van der Waals surface area contributed by atoms with Gasteiger partial charge in [-0.1, -0.05) is 60.7 Å². The molecule has 11 N–H and O–H groups in total. The number of hydrogen-bond donors (Lipinski definition) is 9. The van der Waals surface area contributed by atoms with Crippen LogP contribution in [0.2, 0.25) is 0 Å². The number of benzene rings is 4. The van der Waals surface area contributed by atoms with E-state index in [-0.39, 0.29) is 57.9 Å². The van der Waals surface area contributed by atoms with E-state index in [0.717, 1.165) is 10.5 Å². The van der Waals surface area contributed by atoms with E-state index in [0.29, 0.717) is 95.1 Å². The number of Topliss-reactive ketones (excluding diaryl/α,β-unsaturated/α-hetero) is 2. The number of aromatic amines is 1. The number of halogens is 3. The fraction of sp³-hybridized carbons (Fsp3) is 0.459. The lowest BCUT2D eigenvalue weighted by Gasteiger charge is -2.37. The first kappa shape index (κ1) is 73.7. The largest absolute Gasteiger partial charge is 0.497 e. The van der Waals surface area contributed by atoms with Crippen molar-refractivity contribution in [2.45, 2.75) is 178 Å². The molecular weight excluding hydrogens is 1280 g/mol. The molecule has 5 heterocycles. The number of aromatic nitrogens is 1. The number of ether oxygens (including phenoxy) is 1. The van der Waals surface area contributed by atoms with Crippen LogP contribution < -0.4 is 42.8 Å². The van der Waals surface area contributed by atoms with Crippen LogP contribution in [0, 0.1) is 23.5 Å². The predicted molar refractivity (Wildman–Crippen MR) is 364 cm³/mol. The summed E-state index contributed by atoms with van der Waals surface area (Å²) in [5.74, 6) is -10.7. The maximum absolute atomic E-state index is 16.2. The zero-order valence-corrected chi connectivity index (χ0v) is 56.2. The Morgan fingerprint density at radius 3 is 2.21 bits per heavy atom. The Balaban J connectivity index is 1.06. The number of carbonyl (C=O) groups excluding carboxylic acids is 10. The van der Waals surface area contributed by atoms with E-state index in [1.165, 1.54) is 56.2 Å². The third-order valence-electron chi connectivity index (χ3n) is 19.5. The topological polar surface area (TPSA) is 335 Å². The summed E-state index contributed by atoms with van der Waals surface area (Å²) in [6.45, 7) is 3.91. The van der Waals surface area contributed by atoms with Crippen molar-refractivity contribution >= 4 is 81.4 Å². The molecule has 0 radical (unpaired) electrons. The molecule has 0 spiro atoms. The summed E-state index contributed by atoms with van der Waals surface area (Å²) < 4.78 is 51.5. The number of methoxy groups -OCH3 is 1. The van der Waals surface area contributed by atoms with Gasteiger partial charge in [-0.05, 0) is 173 Å². The summed E-state index contributed by atoms with van der Waals surface area (Å²) in [6.07, 6.45) is 4.27. The van der Waals surface area contributed by atoms with Gasteiger partial charge in [-0.15, -0.1) is 0 Å². The average Bonchev–Trinajstić information content (AvgIpc) is 1.69. The molecule has 2 bridgehead atoms. The van der Waals surface area contributed by atoms with E-state index in [4.69, 9.17) is 16.2 Å². The Hall–Kier alpha value is -9.49. The van der Waals surface area contributed by atoms with Crippen molar-refractivity contribution < 1.29 is 71.0 Å². The standard InChI is InChI=1S/C74H89F3N10O12/c1-42-63(89)35-50(33-51-40-80-58-27-24-53(76)38-57(51)58)68(93)83-61(34-48-21-20-47-22-23-52(75)37-56(47)48)72(97)86-41-54(77)39-62(86)70(95)85-66(43(2)88)71(96)84-60(32-46-18-25-55(99-4)26-19-46)73(98)87-30-10-28-74(87,3)64(90)36-49(67(79)92)31-45-16-14-44(15-17-45)11-6-5-7-13-65(91)82-59(69(94)81-42)12-8-9-29-78/h6,11,14-19,21-27,37-38,40,42-43,49-50,54,59-62,66,80,88H,5,7-10,12-13,20,28-36,39,41,78H2,1-4H3,(H2,79,92)(H,81,94)(H,82,91)(H,83,93)(H,84,96)(H,85,95)/t42-,43-,49-,50-,54+,59+,60+,61+,62+,66+,74+/m1/s1. The quantitative estimate of drug-likeness (QED) is 0.0648. The Kier molecular flexibility index (Phi) is 24.9. The van der Waals surface area contributed by atoms with E-state index in [1.54, 1.807) is 61.7 Å². The van der Waals surface area contributed by atoms with Gasteiger partial charge in [0.2, 0.25) is 47.3 Å². The van der Waals surface area contributed by atoms with Gasteiger partial charge >= 0.3 is 0 Å². The number of allylic oxidation sites excluding steroid dienone is 2. The highest BCUT2D eigenvalue weighted by Crippen LogP contribution is 2.36. The Bertz CT molecular complexity index is 3880. The van der Waals surface area contributed by atoms with E-state index in [1.807, 2.05) is 24.3 Å². The van der Waals surface area contributed by atoms with Crippen LogP contribution in [-0.2, 0) is 73.6 Å². The van der Waals surface area contributed by atoms with Crippen LogP contribution in [0.3, 0.4) is 0 Å². The first-order valence-electron chi connectivity index (χ1n) is 33.9. The fourth-order valence-corrected chi connectivity index (χ4v) is 13.7. The van der Waals surface area contributed by atoms with Crippen LogP contribution in [-0.4, -0.2) is 160 Å². The second-order valence-corrected chi connectivity index (χ2v) is 26.7. The highest BCUT2D eigenvalue weighted by molar-refractivity contribution is 6.01. The molecule has 10 rings (SSSR count). The van der Waals surface area contributed by atoms with Crippen molar-refractivity contribution in [2.75, 3.05) is 26.7 Å². The van der Waals surface area contributed by atoms with E-state index in [9.17, 15) is 43.1 Å². The lowest BCUT2D eigenvalue weighted by atomic mass is 9.84. The van der Waals surface area contributed by atoms with Crippen LogP contribution in [0.25, 0.3) is 22.6 Å². The van der Waals surface area contributed by atoms with E-state index in [2.05, 4.69) is 31.6 Å². The fourth-order valence-electron chi connectivity index (χ4n) is 13.7. The average molecular weight is 1370 g/mol. The van der Waals surface area contributed by atoms with Crippen LogP contribution in [0.4, 0.5) is 13.2 Å². The smallest absolute Gasteiger partial charge is 0.246 e. The molecule has 99 heavy (non-hydrogen) atoms. The third-order valence-corrected chi connectivity index (χ3v) is 19.5. The molecule has 22 nitrogen and oxygen atoms in total. The van der Waals surface area contributed by atoms with Gasteiger partial charge in [0.05, 0.1) is 31.3 Å². The van der Waals surface area contributed by atoms with Gasteiger partial charge in [0.1, 0.15) is 53.8 Å². The van der Waals surface area contributed by atoms with E-state index < -0.39 is 156 Å². The normalized spacial score (nSPS) is 25.8. The predicted octanol–water partition coefficient (Wildman–Crippen LogP) is 5.62. The number of nitrogens with one attached hydrogen (secondary N) is 6. The minimum atomic E-state index is -1.86. The zero-order valence-electron chi connectivity index (χ0n) is 56.2. The maximum Gasteiger partial charge on any atom is 0.246 e. The molecule has 4 aliphatic heterocycles. The molecule has 11 atom stereocenters. The van der Waals surface area contributed by atoms with Crippen LogP contribution in [0.15, 0.2) is 103 Å². The van der Waals surface area contributed by atoms with Gasteiger partial charge in [0, 0.05) is 74.0 Å². The van der Waals surface area contributed by atoms with Crippen LogP contribution in [0.5, 0.6) is 5.75 Å². The third kappa shape index (κ3) is 18.6. The van der Waals surface area contributed by atoms with Crippen molar-refractivity contribution in [3.8, 4) is 5.75 Å². The Labute approximate surface area is 573 Å². The molecule has 2 fully saturated rings. The van der Waals surface area contributed by atoms with Gasteiger partial charge < -0.3 is 62.7 Å². The second kappa shape index (κ2) is 33.4. The number of rotatable bonds is 13. The monoisotopic (exact) mass is 1370 g/mol. The van der Waals surface area contributed by atoms with Gasteiger partial charge in [-0.25, -0.2) is 13.2 Å². The minimum absolute atomic E-state index is 0.0413.